The first kappa shape index (κ1) is 39.6. The molecule has 4 rings (SSSR count). The molecular weight excluding hydrogens is 600 g/mol. The van der Waals surface area contributed by atoms with Gasteiger partial charge in [-0.1, -0.05) is 48.5 Å². The number of nitrogens with one attached hydrogen (secondary N) is 3. The van der Waals surface area contributed by atoms with Gasteiger partial charge in [-0.05, 0) is 157 Å². The molecule has 0 amide bonds. The van der Waals surface area contributed by atoms with Crippen LogP contribution in [0.25, 0.3) is 0 Å². The van der Waals surface area contributed by atoms with Crippen molar-refractivity contribution in [3.05, 3.63) is 0 Å². The molecule has 0 aliphatic heterocycles. The zero-order valence-electron chi connectivity index (χ0n) is 31.9. The van der Waals surface area contributed by atoms with Crippen LogP contribution in [0, 0.1) is 58.2 Å². The first-order valence-electron chi connectivity index (χ1n) is 20.1. The lowest BCUT2D eigenvalue weighted by molar-refractivity contribution is -0.194. The largest absolute Gasteiger partial charge is 0.465 e. The quantitative estimate of drug-likeness (QED) is 0.0931. The zero-order valence-corrected chi connectivity index (χ0v) is 31.9. The van der Waals surface area contributed by atoms with Gasteiger partial charge in [-0.25, -0.2) is 0 Å². The number of carbonyl (C=O) groups is 2. The lowest BCUT2D eigenvalue weighted by Crippen LogP contribution is -2.60. The average molecular weight is 675 g/mol. The van der Waals surface area contributed by atoms with E-state index in [-0.39, 0.29) is 35.3 Å². The van der Waals surface area contributed by atoms with Crippen LogP contribution >= 0.6 is 0 Å². The fourth-order valence-electron chi connectivity index (χ4n) is 10.8. The van der Waals surface area contributed by atoms with Crippen LogP contribution in [0.5, 0.6) is 0 Å². The van der Waals surface area contributed by atoms with Crippen LogP contribution in [0.2, 0.25) is 0 Å². The molecule has 278 valence electrons. The van der Waals surface area contributed by atoms with E-state index >= 15 is 0 Å². The number of hydrogen-bond acceptors (Lipinski definition) is 8. The molecule has 4 unspecified atom stereocenters. The molecule has 0 spiro atoms. The Bertz CT molecular complexity index is 1010. The summed E-state index contributed by atoms with van der Waals surface area (Å²) in [5, 5.41) is 11.0. The van der Waals surface area contributed by atoms with E-state index < -0.39 is 0 Å². The minimum atomic E-state index is -0.105. The van der Waals surface area contributed by atoms with Gasteiger partial charge in [0.15, 0.2) is 0 Å². The summed E-state index contributed by atoms with van der Waals surface area (Å²) in [7, 11) is 0. The number of carbonyl (C=O) groups excluding carboxylic acids is 2. The molecule has 48 heavy (non-hydrogen) atoms. The minimum Gasteiger partial charge on any atom is -0.465 e. The van der Waals surface area contributed by atoms with Crippen molar-refractivity contribution in [3.63, 3.8) is 0 Å². The molecule has 0 bridgehead atoms. The monoisotopic (exact) mass is 675 g/mol. The Morgan fingerprint density at radius 2 is 1.38 bits per heavy atom. The predicted molar refractivity (Wildman–Crippen MR) is 195 cm³/mol. The second-order valence-electron chi connectivity index (χ2n) is 17.5. The molecule has 4 aliphatic carbocycles. The van der Waals surface area contributed by atoms with Gasteiger partial charge >= 0.3 is 11.9 Å². The normalized spacial score (nSPS) is 35.2. The van der Waals surface area contributed by atoms with E-state index in [0.29, 0.717) is 53.6 Å². The lowest BCUT2D eigenvalue weighted by atomic mass is 9.43. The highest BCUT2D eigenvalue weighted by Crippen LogP contribution is 2.68. The number of esters is 2. The molecule has 0 heterocycles. The van der Waals surface area contributed by atoms with Gasteiger partial charge in [0.2, 0.25) is 0 Å². The van der Waals surface area contributed by atoms with Crippen molar-refractivity contribution in [1.29, 1.82) is 0 Å². The molecule has 0 saturated heterocycles. The van der Waals surface area contributed by atoms with Gasteiger partial charge in [0, 0.05) is 12.0 Å². The molecule has 4 fully saturated rings. The highest BCUT2D eigenvalue weighted by atomic mass is 16.5. The fraction of sp³-hybridized carbons (Fsp3) is 0.950. The number of unbranched alkanes of at least 4 members (excludes halogenated alkanes) is 1. The molecule has 4 saturated carbocycles. The summed E-state index contributed by atoms with van der Waals surface area (Å²) >= 11 is 0. The molecular formula is C40H74N4O4. The Hall–Kier alpha value is -1.22. The SMILES string of the molecule is CC(C)C(=O)OC[C@@H](C)[C@H]1CCC2C3C(CC[C@@]21C)[C@@]1(C)CC[C@@H](NCCCNCCCCNCCCN)CC1C[C@H]3OC(=O)C(C)C. The van der Waals surface area contributed by atoms with E-state index in [1.807, 2.05) is 27.7 Å². The smallest absolute Gasteiger partial charge is 0.308 e. The summed E-state index contributed by atoms with van der Waals surface area (Å²) in [6, 6.07) is 0.555. The molecule has 0 aromatic rings. The summed E-state index contributed by atoms with van der Waals surface area (Å²) in [4.78, 5) is 25.5. The Morgan fingerprint density at radius 1 is 0.750 bits per heavy atom. The van der Waals surface area contributed by atoms with Crippen molar-refractivity contribution in [2.45, 2.75) is 138 Å². The van der Waals surface area contributed by atoms with Crippen molar-refractivity contribution in [1.82, 2.24) is 16.0 Å². The van der Waals surface area contributed by atoms with E-state index in [2.05, 4.69) is 36.7 Å². The fourth-order valence-corrected chi connectivity index (χ4v) is 10.8. The van der Waals surface area contributed by atoms with E-state index in [1.165, 1.54) is 57.8 Å². The van der Waals surface area contributed by atoms with E-state index in [4.69, 9.17) is 15.2 Å². The molecule has 10 atom stereocenters. The Balaban J connectivity index is 1.33. The first-order valence-corrected chi connectivity index (χ1v) is 20.1. The average Bonchev–Trinajstić information content (AvgIpc) is 3.41. The Labute approximate surface area is 293 Å². The Kier molecular flexibility index (Phi) is 15.1. The van der Waals surface area contributed by atoms with Gasteiger partial charge in [-0.3, -0.25) is 9.59 Å². The van der Waals surface area contributed by atoms with Crippen LogP contribution in [0.15, 0.2) is 0 Å². The van der Waals surface area contributed by atoms with Crippen LogP contribution in [0.4, 0.5) is 0 Å². The molecule has 5 N–H and O–H groups in total. The van der Waals surface area contributed by atoms with Crippen molar-refractivity contribution >= 4 is 11.9 Å². The molecule has 8 heteroatoms. The summed E-state index contributed by atoms with van der Waals surface area (Å²) < 4.78 is 12.3. The van der Waals surface area contributed by atoms with Crippen molar-refractivity contribution < 1.29 is 19.1 Å². The predicted octanol–water partition coefficient (Wildman–Crippen LogP) is 6.31. The first-order chi connectivity index (χ1) is 22.9. The van der Waals surface area contributed by atoms with Crippen molar-refractivity contribution in [2.24, 2.45) is 63.9 Å². The van der Waals surface area contributed by atoms with Gasteiger partial charge in [0.1, 0.15) is 6.10 Å². The summed E-state index contributed by atoms with van der Waals surface area (Å²) in [5.74, 6) is 2.74. The number of hydrogen-bond donors (Lipinski definition) is 4. The second kappa shape index (κ2) is 18.3. The van der Waals surface area contributed by atoms with Crippen LogP contribution in [-0.4, -0.2) is 70.0 Å². The van der Waals surface area contributed by atoms with Gasteiger partial charge in [0.05, 0.1) is 18.4 Å². The molecule has 4 aliphatic rings. The third kappa shape index (κ3) is 9.55. The maximum atomic E-state index is 13.2. The molecule has 0 aromatic heterocycles. The van der Waals surface area contributed by atoms with Crippen molar-refractivity contribution in [3.8, 4) is 0 Å². The van der Waals surface area contributed by atoms with E-state index in [1.54, 1.807) is 0 Å². The molecule has 0 radical (unpaired) electrons. The summed E-state index contributed by atoms with van der Waals surface area (Å²) in [5.41, 5.74) is 6.06. The van der Waals surface area contributed by atoms with E-state index in [0.717, 1.165) is 58.5 Å². The number of nitrogens with two attached hydrogens (primary N) is 1. The van der Waals surface area contributed by atoms with E-state index in [9.17, 15) is 9.59 Å². The topological polar surface area (TPSA) is 115 Å². The van der Waals surface area contributed by atoms with Crippen molar-refractivity contribution in [2.75, 3.05) is 45.9 Å². The second-order valence-corrected chi connectivity index (χ2v) is 17.5. The lowest BCUT2D eigenvalue weighted by Gasteiger charge is -2.63. The Morgan fingerprint density at radius 3 is 2.04 bits per heavy atom. The van der Waals surface area contributed by atoms with Gasteiger partial charge < -0.3 is 31.2 Å². The number of fused-ring (bicyclic) bond motifs is 5. The van der Waals surface area contributed by atoms with Gasteiger partial charge in [0.25, 0.3) is 0 Å². The van der Waals surface area contributed by atoms with Crippen LogP contribution in [0.1, 0.15) is 126 Å². The maximum absolute atomic E-state index is 13.2. The van der Waals surface area contributed by atoms with Gasteiger partial charge in [-0.2, -0.15) is 0 Å². The number of ether oxygens (including phenoxy) is 2. The zero-order chi connectivity index (χ0) is 34.9. The molecule has 8 nitrogen and oxygen atoms in total. The minimum absolute atomic E-state index is 0.0132. The highest BCUT2D eigenvalue weighted by molar-refractivity contribution is 5.72. The standard InChI is InChI=1S/C40H74N4O4/c1-27(2)37(45)47-26-29(5)32-12-13-33-36-34(15-17-40(32,33)7)39(6)16-14-31(24-30(39)25-35(36)48-38(46)28(3)4)44-23-11-22-43-20-9-8-19-42-21-10-18-41/h27-36,42-44H,8-26,41H2,1-7H3/t29-,30?,31-,32-,33?,34?,35-,36?,39+,40-/m1/s1. The number of rotatable bonds is 19. The third-order valence-electron chi connectivity index (χ3n) is 13.6. The summed E-state index contributed by atoms with van der Waals surface area (Å²) in [6.45, 7) is 21.8. The van der Waals surface area contributed by atoms with Crippen LogP contribution in [-0.2, 0) is 19.1 Å². The maximum Gasteiger partial charge on any atom is 0.308 e. The van der Waals surface area contributed by atoms with Crippen LogP contribution in [0.3, 0.4) is 0 Å². The third-order valence-corrected chi connectivity index (χ3v) is 13.6. The molecule has 0 aromatic carbocycles. The van der Waals surface area contributed by atoms with Crippen LogP contribution < -0.4 is 21.7 Å². The van der Waals surface area contributed by atoms with Gasteiger partial charge in [-0.15, -0.1) is 0 Å². The highest BCUT2D eigenvalue weighted by Gasteiger charge is 2.64. The summed E-state index contributed by atoms with van der Waals surface area (Å²) in [6.07, 6.45) is 14.2.